The molecule has 3 amide bonds. The van der Waals surface area contributed by atoms with Crippen LogP contribution in [0, 0.1) is 5.92 Å². The number of sulfonamides is 1. The summed E-state index contributed by atoms with van der Waals surface area (Å²) in [6.07, 6.45) is 2.60. The Labute approximate surface area is 193 Å². The zero-order valence-electron chi connectivity index (χ0n) is 18.6. The maximum Gasteiger partial charge on any atom is 0.317 e. The molecule has 180 valence electrons. The predicted molar refractivity (Wildman–Crippen MR) is 119 cm³/mol. The number of nitrogens with zero attached hydrogens (tertiary/aromatic N) is 3. The van der Waals surface area contributed by atoms with Crippen LogP contribution in [0.3, 0.4) is 0 Å². The molecule has 0 saturated carbocycles. The molecule has 0 spiro atoms. The molecule has 0 aromatic heterocycles. The fraction of sp³-hybridized carbons (Fsp3) is 0.636. The van der Waals surface area contributed by atoms with Crippen molar-refractivity contribution in [3.8, 4) is 11.5 Å². The topological polar surface area (TPSA) is 108 Å². The minimum atomic E-state index is -3.66. The number of ether oxygens (including phenoxy) is 2. The predicted octanol–water partition coefficient (Wildman–Crippen LogP) is 0.875. The number of hydrogen-bond acceptors (Lipinski definition) is 6. The summed E-state index contributed by atoms with van der Waals surface area (Å²) in [5, 5.41) is 2.84. The summed E-state index contributed by atoms with van der Waals surface area (Å²) in [7, 11) is -3.66. The van der Waals surface area contributed by atoms with Gasteiger partial charge < -0.3 is 24.6 Å². The summed E-state index contributed by atoms with van der Waals surface area (Å²) in [4.78, 5) is 28.9. The number of piperidine rings is 2. The van der Waals surface area contributed by atoms with E-state index in [0.717, 1.165) is 19.4 Å². The number of likely N-dealkylation sites (tertiary alicyclic amines) is 1. The molecular formula is C22H30N4O6S. The van der Waals surface area contributed by atoms with E-state index in [2.05, 4.69) is 5.32 Å². The lowest BCUT2D eigenvalue weighted by atomic mass is 9.94. The lowest BCUT2D eigenvalue weighted by Gasteiger charge is -2.39. The molecule has 33 heavy (non-hydrogen) atoms. The van der Waals surface area contributed by atoms with E-state index in [1.165, 1.54) is 10.4 Å². The van der Waals surface area contributed by atoms with Gasteiger partial charge in [-0.15, -0.1) is 0 Å². The van der Waals surface area contributed by atoms with Crippen LogP contribution in [0.2, 0.25) is 0 Å². The zero-order valence-corrected chi connectivity index (χ0v) is 19.4. The molecule has 1 aromatic rings. The van der Waals surface area contributed by atoms with Crippen molar-refractivity contribution in [1.29, 1.82) is 0 Å². The van der Waals surface area contributed by atoms with Gasteiger partial charge in [0.1, 0.15) is 13.2 Å². The third-order valence-electron chi connectivity index (χ3n) is 7.06. The van der Waals surface area contributed by atoms with Crippen molar-refractivity contribution < 1.29 is 27.5 Å². The molecule has 0 radical (unpaired) electrons. The first-order chi connectivity index (χ1) is 15.9. The molecule has 4 heterocycles. The van der Waals surface area contributed by atoms with Crippen LogP contribution in [-0.4, -0.2) is 93.0 Å². The molecule has 0 unspecified atom stereocenters. The molecule has 1 aromatic carbocycles. The molecule has 0 aliphatic carbocycles. The molecule has 3 saturated heterocycles. The van der Waals surface area contributed by atoms with Gasteiger partial charge in [0.05, 0.1) is 4.90 Å². The van der Waals surface area contributed by atoms with E-state index < -0.39 is 10.0 Å². The Kier molecular flexibility index (Phi) is 6.09. The zero-order chi connectivity index (χ0) is 23.0. The van der Waals surface area contributed by atoms with E-state index in [9.17, 15) is 18.0 Å². The van der Waals surface area contributed by atoms with Gasteiger partial charge in [0, 0.05) is 57.3 Å². The Morgan fingerprint density at radius 1 is 0.939 bits per heavy atom. The number of urea groups is 1. The second-order valence-electron chi connectivity index (χ2n) is 8.97. The summed E-state index contributed by atoms with van der Waals surface area (Å²) >= 11 is 0. The highest BCUT2D eigenvalue weighted by molar-refractivity contribution is 7.89. The first-order valence-electron chi connectivity index (χ1n) is 11.7. The van der Waals surface area contributed by atoms with Crippen LogP contribution in [0.25, 0.3) is 0 Å². The molecule has 4 aliphatic heterocycles. The highest BCUT2D eigenvalue weighted by atomic mass is 32.2. The SMILES string of the molecule is O=C(C1CCN(S(=O)(=O)c2ccc3c(c2)OCCO3)CC1)N1CCC(N2CCNC2=O)CC1. The lowest BCUT2D eigenvalue weighted by molar-refractivity contribution is -0.138. The summed E-state index contributed by atoms with van der Waals surface area (Å²) in [6, 6.07) is 4.88. The van der Waals surface area contributed by atoms with Crippen LogP contribution in [0.15, 0.2) is 23.1 Å². The van der Waals surface area contributed by atoms with Crippen LogP contribution in [0.4, 0.5) is 4.79 Å². The van der Waals surface area contributed by atoms with Crippen molar-refractivity contribution in [3.63, 3.8) is 0 Å². The van der Waals surface area contributed by atoms with Gasteiger partial charge in [-0.25, -0.2) is 13.2 Å². The van der Waals surface area contributed by atoms with Crippen molar-refractivity contribution >= 4 is 22.0 Å². The Balaban J connectivity index is 1.15. The number of carbonyl (C=O) groups excluding carboxylic acids is 2. The molecule has 5 rings (SSSR count). The monoisotopic (exact) mass is 478 g/mol. The van der Waals surface area contributed by atoms with Crippen molar-refractivity contribution in [3.05, 3.63) is 18.2 Å². The average Bonchev–Trinajstić information content (AvgIpc) is 3.29. The minimum Gasteiger partial charge on any atom is -0.486 e. The van der Waals surface area contributed by atoms with Crippen LogP contribution in [-0.2, 0) is 14.8 Å². The summed E-state index contributed by atoms with van der Waals surface area (Å²) in [5.74, 6) is 0.944. The quantitative estimate of drug-likeness (QED) is 0.688. The van der Waals surface area contributed by atoms with Crippen molar-refractivity contribution in [2.45, 2.75) is 36.6 Å². The Hall–Kier alpha value is -2.53. The van der Waals surface area contributed by atoms with Crippen LogP contribution >= 0.6 is 0 Å². The fourth-order valence-electron chi connectivity index (χ4n) is 5.17. The van der Waals surface area contributed by atoms with Gasteiger partial charge in [0.15, 0.2) is 11.5 Å². The first-order valence-corrected chi connectivity index (χ1v) is 13.1. The van der Waals surface area contributed by atoms with Gasteiger partial charge in [-0.3, -0.25) is 4.79 Å². The summed E-state index contributed by atoms with van der Waals surface area (Å²) in [6.45, 7) is 4.18. The molecule has 10 nitrogen and oxygen atoms in total. The average molecular weight is 479 g/mol. The number of rotatable bonds is 4. The number of nitrogens with one attached hydrogen (secondary N) is 1. The number of amides is 3. The summed E-state index contributed by atoms with van der Waals surface area (Å²) in [5.41, 5.74) is 0. The van der Waals surface area contributed by atoms with Crippen LogP contribution in [0.1, 0.15) is 25.7 Å². The largest absolute Gasteiger partial charge is 0.486 e. The smallest absolute Gasteiger partial charge is 0.317 e. The van der Waals surface area contributed by atoms with E-state index in [4.69, 9.17) is 9.47 Å². The third-order valence-corrected chi connectivity index (χ3v) is 8.96. The van der Waals surface area contributed by atoms with Crippen molar-refractivity contribution in [1.82, 2.24) is 19.4 Å². The minimum absolute atomic E-state index is 0.00799. The van der Waals surface area contributed by atoms with Gasteiger partial charge >= 0.3 is 6.03 Å². The molecule has 3 fully saturated rings. The van der Waals surface area contributed by atoms with E-state index in [0.29, 0.717) is 70.3 Å². The number of carbonyl (C=O) groups is 2. The maximum atomic E-state index is 13.1. The second kappa shape index (κ2) is 9.02. The number of hydrogen-bond donors (Lipinski definition) is 1. The van der Waals surface area contributed by atoms with Gasteiger partial charge in [-0.05, 0) is 37.8 Å². The fourth-order valence-corrected chi connectivity index (χ4v) is 6.65. The van der Waals surface area contributed by atoms with Crippen molar-refractivity contribution in [2.24, 2.45) is 5.92 Å². The van der Waals surface area contributed by atoms with Gasteiger partial charge in [0.25, 0.3) is 0 Å². The first kappa shape index (κ1) is 22.3. The van der Waals surface area contributed by atoms with Crippen LogP contribution < -0.4 is 14.8 Å². The Morgan fingerprint density at radius 2 is 1.64 bits per heavy atom. The third kappa shape index (κ3) is 4.35. The van der Waals surface area contributed by atoms with E-state index >= 15 is 0 Å². The van der Waals surface area contributed by atoms with Gasteiger partial charge in [-0.2, -0.15) is 4.31 Å². The molecule has 11 heteroatoms. The lowest BCUT2D eigenvalue weighted by Crippen LogP contribution is -2.50. The normalized spacial score (nSPS) is 23.0. The molecule has 0 bridgehead atoms. The maximum absolute atomic E-state index is 13.1. The number of fused-ring (bicyclic) bond motifs is 1. The highest BCUT2D eigenvalue weighted by Crippen LogP contribution is 2.34. The van der Waals surface area contributed by atoms with E-state index in [1.807, 2.05) is 9.80 Å². The van der Waals surface area contributed by atoms with Crippen LogP contribution in [0.5, 0.6) is 11.5 Å². The molecular weight excluding hydrogens is 448 g/mol. The highest BCUT2D eigenvalue weighted by Gasteiger charge is 2.37. The second-order valence-corrected chi connectivity index (χ2v) is 10.9. The van der Waals surface area contributed by atoms with E-state index in [1.54, 1.807) is 12.1 Å². The van der Waals surface area contributed by atoms with Crippen molar-refractivity contribution in [2.75, 3.05) is 52.5 Å². The standard InChI is InChI=1S/C22H30N4O6S/c27-21(24-8-5-17(6-9-24)26-12-7-23-22(26)28)16-3-10-25(11-4-16)33(29,30)18-1-2-19-20(15-18)32-14-13-31-19/h1-2,15-17H,3-14H2,(H,23,28). The Morgan fingerprint density at radius 3 is 2.30 bits per heavy atom. The molecule has 4 aliphatic rings. The van der Waals surface area contributed by atoms with Gasteiger partial charge in [0.2, 0.25) is 15.9 Å². The van der Waals surface area contributed by atoms with E-state index in [-0.39, 0.29) is 28.8 Å². The molecule has 1 N–H and O–H groups in total. The Bertz CT molecular complexity index is 1020. The van der Waals surface area contributed by atoms with Gasteiger partial charge in [-0.1, -0.05) is 0 Å². The summed E-state index contributed by atoms with van der Waals surface area (Å²) < 4.78 is 38.7. The number of benzene rings is 1. The molecule has 0 atom stereocenters.